The monoisotopic (exact) mass is 691 g/mol. The highest BCUT2D eigenvalue weighted by atomic mass is 16.5. The number of esters is 1. The molecular formula is C43H49NO7. The van der Waals surface area contributed by atoms with Gasteiger partial charge in [0.1, 0.15) is 11.9 Å². The van der Waals surface area contributed by atoms with Crippen molar-refractivity contribution in [2.24, 2.45) is 17.3 Å². The molecule has 2 saturated carbocycles. The van der Waals surface area contributed by atoms with E-state index in [-0.39, 0.29) is 41.5 Å². The van der Waals surface area contributed by atoms with Gasteiger partial charge in [-0.1, -0.05) is 43.2 Å². The number of carbonyl (C=O) groups is 2. The van der Waals surface area contributed by atoms with Gasteiger partial charge in [0.15, 0.2) is 23.0 Å². The standard InChI is InChI=1S/C43H49NO7/c1-26(45)51-31(12-10-27-11-13-39(47)41(18-27)49-2)21-30(46)22-33-32-14-17-43(15-6-7-16-43)25-29(32)19-36(34-23-40(48)42(50-3)24-35(33)34)38-20-28-8-4-5-9-37(28)44-38/h4-5,8-9,11,13,18-20,23-24,29,31-33,44,47-48H,6-7,10,12,14-17,21-22,25H2,1-3H3/t29-,31+,32-,33+/m0/s1. The number of ether oxygens (including phenoxy) is 3. The molecule has 3 aliphatic carbocycles. The van der Waals surface area contributed by atoms with Crippen LogP contribution in [0.3, 0.4) is 0 Å². The summed E-state index contributed by atoms with van der Waals surface area (Å²) in [6.45, 7) is 1.38. The molecule has 1 aromatic heterocycles. The minimum Gasteiger partial charge on any atom is -0.504 e. The third-order valence-corrected chi connectivity index (χ3v) is 11.9. The number of hydrogen-bond donors (Lipinski definition) is 3. The molecule has 7 rings (SSSR count). The Bertz CT molecular complexity index is 1920. The number of carbonyl (C=O) groups excluding carboxylic acids is 2. The van der Waals surface area contributed by atoms with Crippen LogP contribution in [0.2, 0.25) is 0 Å². The van der Waals surface area contributed by atoms with Crippen molar-refractivity contribution in [3.63, 3.8) is 0 Å². The van der Waals surface area contributed by atoms with Crippen LogP contribution in [-0.2, 0) is 20.7 Å². The zero-order valence-corrected chi connectivity index (χ0v) is 29.9. The Labute approximate surface area is 299 Å². The van der Waals surface area contributed by atoms with Crippen LogP contribution in [-0.4, -0.2) is 47.3 Å². The Kier molecular flexibility index (Phi) is 9.86. The smallest absolute Gasteiger partial charge is 0.302 e. The van der Waals surface area contributed by atoms with Gasteiger partial charge in [0.2, 0.25) is 0 Å². The van der Waals surface area contributed by atoms with Crippen molar-refractivity contribution in [3.05, 3.63) is 89.1 Å². The lowest BCUT2D eigenvalue weighted by molar-refractivity contribution is -0.147. The van der Waals surface area contributed by atoms with Crippen LogP contribution in [0.25, 0.3) is 16.5 Å². The molecule has 1 heterocycles. The fraction of sp³-hybridized carbons (Fsp3) is 0.442. The van der Waals surface area contributed by atoms with E-state index in [4.69, 9.17) is 14.2 Å². The molecule has 1 spiro atoms. The second-order valence-electron chi connectivity index (χ2n) is 15.1. The number of nitrogens with one attached hydrogen (secondary N) is 1. The molecule has 0 bridgehead atoms. The van der Waals surface area contributed by atoms with Crippen molar-refractivity contribution in [1.82, 2.24) is 4.98 Å². The first-order chi connectivity index (χ1) is 24.6. The van der Waals surface area contributed by atoms with Crippen molar-refractivity contribution in [3.8, 4) is 23.0 Å². The number of fused-ring (bicyclic) bond motifs is 3. The van der Waals surface area contributed by atoms with Gasteiger partial charge < -0.3 is 29.4 Å². The number of phenolic OH excluding ortho intramolecular Hbond substituents is 2. The molecule has 8 heteroatoms. The fourth-order valence-corrected chi connectivity index (χ4v) is 9.46. The molecule has 0 unspecified atom stereocenters. The van der Waals surface area contributed by atoms with E-state index < -0.39 is 12.1 Å². The highest BCUT2D eigenvalue weighted by Crippen LogP contribution is 2.58. The summed E-state index contributed by atoms with van der Waals surface area (Å²) in [5.41, 5.74) is 6.30. The number of para-hydroxylation sites is 1. The lowest BCUT2D eigenvalue weighted by atomic mass is 9.60. The lowest BCUT2D eigenvalue weighted by Crippen LogP contribution is -2.34. The summed E-state index contributed by atoms with van der Waals surface area (Å²) in [6.07, 6.45) is 11.6. The van der Waals surface area contributed by atoms with Crippen LogP contribution in [0.4, 0.5) is 0 Å². The zero-order chi connectivity index (χ0) is 35.7. The van der Waals surface area contributed by atoms with Crippen LogP contribution in [0.15, 0.2) is 66.7 Å². The van der Waals surface area contributed by atoms with Gasteiger partial charge in [-0.25, -0.2) is 0 Å². The van der Waals surface area contributed by atoms with E-state index in [1.807, 2.05) is 30.3 Å². The van der Waals surface area contributed by atoms with Crippen molar-refractivity contribution >= 4 is 28.2 Å². The number of Topliss-reactive ketones (excluding diaryl/α,β-unsaturated/α-hetero) is 1. The molecule has 3 aromatic carbocycles. The molecule has 51 heavy (non-hydrogen) atoms. The van der Waals surface area contributed by atoms with Crippen LogP contribution < -0.4 is 9.47 Å². The average molecular weight is 692 g/mol. The predicted octanol–water partition coefficient (Wildman–Crippen LogP) is 9.02. The van der Waals surface area contributed by atoms with Crippen molar-refractivity contribution in [1.29, 1.82) is 0 Å². The molecular weight excluding hydrogens is 642 g/mol. The zero-order valence-electron chi connectivity index (χ0n) is 29.9. The quantitative estimate of drug-likeness (QED) is 0.134. The molecule has 8 nitrogen and oxygen atoms in total. The number of phenols is 2. The second kappa shape index (κ2) is 14.5. The number of aromatic nitrogens is 1. The molecule has 3 aliphatic rings. The van der Waals surface area contributed by atoms with Gasteiger partial charge in [-0.15, -0.1) is 0 Å². The number of rotatable bonds is 11. The number of aromatic amines is 1. The van der Waals surface area contributed by atoms with Gasteiger partial charge in [0.05, 0.1) is 14.2 Å². The molecule has 0 saturated heterocycles. The number of allylic oxidation sites excluding steroid dienone is 1. The van der Waals surface area contributed by atoms with E-state index in [1.165, 1.54) is 39.7 Å². The van der Waals surface area contributed by atoms with Crippen molar-refractivity contribution in [2.45, 2.75) is 89.6 Å². The molecule has 268 valence electrons. The SMILES string of the molecule is COc1cc(CC[C@H](CC(=O)C[C@H]2c3cc(OC)c(O)cc3C(c3cc4ccccc4[nH]3)=C[C@H]3CC4(CCCC4)CC[C@@H]32)OC(C)=O)ccc1O. The van der Waals surface area contributed by atoms with Crippen LogP contribution >= 0.6 is 0 Å². The van der Waals surface area contributed by atoms with Gasteiger partial charge in [0.25, 0.3) is 0 Å². The highest BCUT2D eigenvalue weighted by molar-refractivity contribution is 5.90. The lowest BCUT2D eigenvalue weighted by Gasteiger charge is -2.44. The Balaban J connectivity index is 1.23. The molecule has 0 radical (unpaired) electrons. The van der Waals surface area contributed by atoms with E-state index in [2.05, 4.69) is 29.3 Å². The summed E-state index contributed by atoms with van der Waals surface area (Å²) in [7, 11) is 3.07. The van der Waals surface area contributed by atoms with Crippen molar-refractivity contribution in [2.75, 3.05) is 14.2 Å². The van der Waals surface area contributed by atoms with E-state index >= 15 is 0 Å². The normalized spacial score (nSPS) is 21.3. The van der Waals surface area contributed by atoms with Crippen molar-refractivity contribution < 1.29 is 34.0 Å². The summed E-state index contributed by atoms with van der Waals surface area (Å²) in [5.74, 6) is 0.901. The van der Waals surface area contributed by atoms with Crippen LogP contribution in [0.5, 0.6) is 23.0 Å². The first kappa shape index (κ1) is 34.7. The third kappa shape index (κ3) is 7.23. The number of aryl methyl sites for hydroxylation is 1. The molecule has 0 amide bonds. The Morgan fingerprint density at radius 3 is 2.45 bits per heavy atom. The Morgan fingerprint density at radius 1 is 0.941 bits per heavy atom. The summed E-state index contributed by atoms with van der Waals surface area (Å²) in [6, 6.07) is 19.4. The van der Waals surface area contributed by atoms with E-state index in [1.54, 1.807) is 19.2 Å². The van der Waals surface area contributed by atoms with Gasteiger partial charge >= 0.3 is 5.97 Å². The van der Waals surface area contributed by atoms with Gasteiger partial charge in [-0.3, -0.25) is 9.59 Å². The maximum absolute atomic E-state index is 14.2. The largest absolute Gasteiger partial charge is 0.504 e. The number of benzene rings is 3. The number of hydrogen-bond acceptors (Lipinski definition) is 7. The Morgan fingerprint density at radius 2 is 1.71 bits per heavy atom. The molecule has 2 fully saturated rings. The fourth-order valence-electron chi connectivity index (χ4n) is 9.46. The summed E-state index contributed by atoms with van der Waals surface area (Å²) < 4.78 is 16.7. The first-order valence-corrected chi connectivity index (χ1v) is 18.4. The van der Waals surface area contributed by atoms with Crippen LogP contribution in [0.1, 0.15) is 99.4 Å². The van der Waals surface area contributed by atoms with Gasteiger partial charge in [-0.05, 0) is 121 Å². The van der Waals surface area contributed by atoms with E-state index in [9.17, 15) is 19.8 Å². The maximum Gasteiger partial charge on any atom is 0.302 e. The van der Waals surface area contributed by atoms with E-state index in [0.717, 1.165) is 58.1 Å². The molecule has 4 aromatic rings. The summed E-state index contributed by atoms with van der Waals surface area (Å²) in [5, 5.41) is 22.3. The van der Waals surface area contributed by atoms with E-state index in [0.29, 0.717) is 36.2 Å². The number of aromatic hydroxyl groups is 2. The minimum absolute atomic E-state index is 0.0430. The highest BCUT2D eigenvalue weighted by Gasteiger charge is 2.46. The number of ketones is 1. The maximum atomic E-state index is 14.2. The summed E-state index contributed by atoms with van der Waals surface area (Å²) >= 11 is 0. The Hall–Kier alpha value is -4.72. The average Bonchev–Trinajstić information content (AvgIpc) is 3.73. The molecule has 4 atom stereocenters. The summed E-state index contributed by atoms with van der Waals surface area (Å²) in [4.78, 5) is 30.1. The number of methoxy groups -OCH3 is 2. The first-order valence-electron chi connectivity index (χ1n) is 18.4. The second-order valence-corrected chi connectivity index (χ2v) is 15.1. The predicted molar refractivity (Wildman–Crippen MR) is 197 cm³/mol. The molecule has 0 aliphatic heterocycles. The van der Waals surface area contributed by atoms with Gasteiger partial charge in [-0.2, -0.15) is 0 Å². The number of H-pyrrole nitrogens is 1. The van der Waals surface area contributed by atoms with Crippen LogP contribution in [0, 0.1) is 17.3 Å². The van der Waals surface area contributed by atoms with Gasteiger partial charge in [0, 0.05) is 41.9 Å². The minimum atomic E-state index is -0.585. The molecule has 3 N–H and O–H groups in total. The third-order valence-electron chi connectivity index (χ3n) is 11.9. The topological polar surface area (TPSA) is 118 Å².